The Labute approximate surface area is 81.4 Å². The molecule has 0 aliphatic carbocycles. The highest BCUT2D eigenvalue weighted by Crippen LogP contribution is 2.22. The van der Waals surface area contributed by atoms with Gasteiger partial charge in [-0.1, -0.05) is 6.07 Å². The van der Waals surface area contributed by atoms with E-state index in [2.05, 4.69) is 0 Å². The number of carboxylic acid groups (broad SMARTS) is 1. The number of rotatable bonds is 0. The van der Waals surface area contributed by atoms with Gasteiger partial charge in [0, 0.05) is 13.1 Å². The van der Waals surface area contributed by atoms with Gasteiger partial charge in [-0.05, 0) is 29.7 Å². The SMILES string of the molecule is O=C(O)N1CCc2ccc(O)cc2C1. The minimum absolute atomic E-state index is 0.191. The maximum absolute atomic E-state index is 10.7. The highest BCUT2D eigenvalue weighted by atomic mass is 16.4. The zero-order valence-corrected chi connectivity index (χ0v) is 7.60. The van der Waals surface area contributed by atoms with Crippen LogP contribution in [-0.2, 0) is 13.0 Å². The van der Waals surface area contributed by atoms with E-state index in [4.69, 9.17) is 5.11 Å². The van der Waals surface area contributed by atoms with Crippen LogP contribution < -0.4 is 0 Å². The van der Waals surface area contributed by atoms with E-state index in [1.54, 1.807) is 12.1 Å². The number of benzene rings is 1. The molecule has 1 heterocycles. The molecule has 0 atom stereocenters. The molecule has 74 valence electrons. The van der Waals surface area contributed by atoms with Crippen LogP contribution in [0.5, 0.6) is 5.75 Å². The summed E-state index contributed by atoms with van der Waals surface area (Å²) >= 11 is 0. The van der Waals surface area contributed by atoms with Crippen molar-refractivity contribution in [1.29, 1.82) is 0 Å². The molecule has 0 fully saturated rings. The van der Waals surface area contributed by atoms with Gasteiger partial charge in [-0.3, -0.25) is 0 Å². The van der Waals surface area contributed by atoms with Crippen LogP contribution in [0.2, 0.25) is 0 Å². The Hall–Kier alpha value is -1.71. The van der Waals surface area contributed by atoms with Gasteiger partial charge in [0.15, 0.2) is 0 Å². The quantitative estimate of drug-likeness (QED) is 0.655. The number of amides is 1. The lowest BCUT2D eigenvalue weighted by molar-refractivity contribution is 0.140. The first-order valence-electron chi connectivity index (χ1n) is 4.45. The lowest BCUT2D eigenvalue weighted by Crippen LogP contribution is -2.34. The molecule has 0 spiro atoms. The molecule has 0 saturated heterocycles. The van der Waals surface area contributed by atoms with Gasteiger partial charge in [-0.25, -0.2) is 4.79 Å². The predicted molar refractivity (Wildman–Crippen MR) is 50.2 cm³/mol. The third-order valence-electron chi connectivity index (χ3n) is 2.47. The molecule has 1 aliphatic heterocycles. The Balaban J connectivity index is 2.29. The molecule has 0 aromatic heterocycles. The summed E-state index contributed by atoms with van der Waals surface area (Å²) in [6, 6.07) is 5.11. The van der Waals surface area contributed by atoms with E-state index >= 15 is 0 Å². The minimum Gasteiger partial charge on any atom is -0.508 e. The molecule has 2 N–H and O–H groups in total. The lowest BCUT2D eigenvalue weighted by Gasteiger charge is -2.26. The second kappa shape index (κ2) is 3.21. The second-order valence-corrected chi connectivity index (χ2v) is 3.41. The molecule has 0 radical (unpaired) electrons. The van der Waals surface area contributed by atoms with Gasteiger partial charge in [0.1, 0.15) is 5.75 Å². The molecule has 14 heavy (non-hydrogen) atoms. The maximum Gasteiger partial charge on any atom is 0.407 e. The van der Waals surface area contributed by atoms with Gasteiger partial charge in [-0.15, -0.1) is 0 Å². The number of aromatic hydroxyl groups is 1. The maximum atomic E-state index is 10.7. The molecule has 4 nitrogen and oxygen atoms in total. The van der Waals surface area contributed by atoms with E-state index in [9.17, 15) is 9.90 Å². The first kappa shape index (κ1) is 8.87. The molecule has 1 aromatic carbocycles. The number of hydrogen-bond donors (Lipinski definition) is 2. The summed E-state index contributed by atoms with van der Waals surface area (Å²) in [7, 11) is 0. The first-order chi connectivity index (χ1) is 6.66. The van der Waals surface area contributed by atoms with E-state index in [0.717, 1.165) is 17.5 Å². The fourth-order valence-electron chi connectivity index (χ4n) is 1.71. The molecule has 1 aromatic rings. The fourth-order valence-corrected chi connectivity index (χ4v) is 1.71. The predicted octanol–water partition coefficient (Wildman–Crippen LogP) is 1.43. The topological polar surface area (TPSA) is 60.8 Å². The molecule has 2 rings (SSSR count). The third-order valence-corrected chi connectivity index (χ3v) is 2.47. The van der Waals surface area contributed by atoms with Crippen molar-refractivity contribution in [2.45, 2.75) is 13.0 Å². The third kappa shape index (κ3) is 1.51. The van der Waals surface area contributed by atoms with Crippen LogP contribution in [0.25, 0.3) is 0 Å². The molecule has 0 bridgehead atoms. The van der Waals surface area contributed by atoms with E-state index < -0.39 is 6.09 Å². The van der Waals surface area contributed by atoms with Crippen LogP contribution in [-0.4, -0.2) is 27.8 Å². The minimum atomic E-state index is -0.904. The second-order valence-electron chi connectivity index (χ2n) is 3.41. The van der Waals surface area contributed by atoms with Gasteiger partial charge in [-0.2, -0.15) is 0 Å². The van der Waals surface area contributed by atoms with E-state index in [1.807, 2.05) is 6.07 Å². The van der Waals surface area contributed by atoms with Crippen LogP contribution >= 0.6 is 0 Å². The van der Waals surface area contributed by atoms with Crippen molar-refractivity contribution in [3.05, 3.63) is 29.3 Å². The Morgan fingerprint density at radius 3 is 2.86 bits per heavy atom. The number of carbonyl (C=O) groups is 1. The van der Waals surface area contributed by atoms with Crippen LogP contribution in [0.15, 0.2) is 18.2 Å². The highest BCUT2D eigenvalue weighted by Gasteiger charge is 2.19. The standard InChI is InChI=1S/C10H11NO3/c12-9-2-1-7-3-4-11(10(13)14)6-8(7)5-9/h1-2,5,12H,3-4,6H2,(H,13,14). The van der Waals surface area contributed by atoms with Crippen LogP contribution in [0.4, 0.5) is 4.79 Å². The average molecular weight is 193 g/mol. The van der Waals surface area contributed by atoms with Crippen molar-refractivity contribution in [3.63, 3.8) is 0 Å². The lowest BCUT2D eigenvalue weighted by atomic mass is 10.00. The summed E-state index contributed by atoms with van der Waals surface area (Å²) in [6.07, 6.45) is -0.180. The zero-order chi connectivity index (χ0) is 10.1. The number of nitrogens with zero attached hydrogens (tertiary/aromatic N) is 1. The summed E-state index contributed by atoms with van der Waals surface area (Å²) in [4.78, 5) is 12.1. The summed E-state index contributed by atoms with van der Waals surface area (Å²) in [5.74, 6) is 0.191. The zero-order valence-electron chi connectivity index (χ0n) is 7.60. The van der Waals surface area contributed by atoms with Gasteiger partial charge in [0.2, 0.25) is 0 Å². The van der Waals surface area contributed by atoms with Gasteiger partial charge >= 0.3 is 6.09 Å². The van der Waals surface area contributed by atoms with Crippen molar-refractivity contribution in [2.75, 3.05) is 6.54 Å². The smallest absolute Gasteiger partial charge is 0.407 e. The van der Waals surface area contributed by atoms with Crippen molar-refractivity contribution in [2.24, 2.45) is 0 Å². The largest absolute Gasteiger partial charge is 0.508 e. The monoisotopic (exact) mass is 193 g/mol. The van der Waals surface area contributed by atoms with Crippen molar-refractivity contribution >= 4 is 6.09 Å². The van der Waals surface area contributed by atoms with Crippen molar-refractivity contribution in [1.82, 2.24) is 4.90 Å². The number of hydrogen-bond acceptors (Lipinski definition) is 2. The summed E-state index contributed by atoms with van der Waals surface area (Å²) < 4.78 is 0. The normalized spacial score (nSPS) is 15.0. The fraction of sp³-hybridized carbons (Fsp3) is 0.300. The molecule has 4 heteroatoms. The van der Waals surface area contributed by atoms with Crippen molar-refractivity contribution < 1.29 is 15.0 Å². The summed E-state index contributed by atoms with van der Waals surface area (Å²) in [6.45, 7) is 0.909. The van der Waals surface area contributed by atoms with Crippen LogP contribution in [0, 0.1) is 0 Å². The number of phenolic OH excluding ortho intramolecular Hbond substituents is 1. The Morgan fingerprint density at radius 2 is 2.14 bits per heavy atom. The summed E-state index contributed by atoms with van der Waals surface area (Å²) in [5.41, 5.74) is 2.03. The molecular weight excluding hydrogens is 182 g/mol. The number of fused-ring (bicyclic) bond motifs is 1. The van der Waals surface area contributed by atoms with Gasteiger partial charge < -0.3 is 15.1 Å². The van der Waals surface area contributed by atoms with E-state index in [0.29, 0.717) is 13.1 Å². The van der Waals surface area contributed by atoms with Crippen LogP contribution in [0.1, 0.15) is 11.1 Å². The average Bonchev–Trinajstić information content (AvgIpc) is 2.16. The summed E-state index contributed by atoms with van der Waals surface area (Å²) in [5, 5.41) is 18.0. The molecule has 1 amide bonds. The Morgan fingerprint density at radius 1 is 1.36 bits per heavy atom. The molecule has 0 saturated carbocycles. The molecule has 0 unspecified atom stereocenters. The van der Waals surface area contributed by atoms with E-state index in [-0.39, 0.29) is 5.75 Å². The van der Waals surface area contributed by atoms with E-state index in [1.165, 1.54) is 4.90 Å². The molecule has 1 aliphatic rings. The Bertz CT molecular complexity index is 376. The van der Waals surface area contributed by atoms with Gasteiger partial charge in [0.05, 0.1) is 0 Å². The van der Waals surface area contributed by atoms with Crippen molar-refractivity contribution in [3.8, 4) is 5.75 Å². The molecular formula is C10H11NO3. The number of phenols is 1. The highest BCUT2D eigenvalue weighted by molar-refractivity contribution is 5.65. The Kier molecular flexibility index (Phi) is 2.04. The van der Waals surface area contributed by atoms with Crippen LogP contribution in [0.3, 0.4) is 0 Å². The first-order valence-corrected chi connectivity index (χ1v) is 4.45. The van der Waals surface area contributed by atoms with Gasteiger partial charge in [0.25, 0.3) is 0 Å².